The molecule has 0 aromatic carbocycles. The van der Waals surface area contributed by atoms with E-state index in [-0.39, 0.29) is 6.61 Å². The van der Waals surface area contributed by atoms with Gasteiger partial charge in [0.1, 0.15) is 6.61 Å². The van der Waals surface area contributed by atoms with Gasteiger partial charge in [-0.15, -0.1) is 0 Å². The van der Waals surface area contributed by atoms with E-state index in [1.54, 1.807) is 0 Å². The molecular formula is C7H11N3O2. The number of rotatable bonds is 2. The lowest BCUT2D eigenvalue weighted by Gasteiger charge is -1.98. The van der Waals surface area contributed by atoms with Gasteiger partial charge in [0, 0.05) is 12.5 Å². The van der Waals surface area contributed by atoms with Crippen LogP contribution < -0.4 is 5.32 Å². The van der Waals surface area contributed by atoms with Crippen LogP contribution in [0, 0.1) is 0 Å². The van der Waals surface area contributed by atoms with Crippen LogP contribution in [0.15, 0.2) is 4.52 Å². The minimum absolute atomic E-state index is 0.173. The Hall–Kier alpha value is -0.940. The first kappa shape index (κ1) is 7.70. The first-order valence-electron chi connectivity index (χ1n) is 4.04. The highest BCUT2D eigenvalue weighted by atomic mass is 16.5. The largest absolute Gasteiger partial charge is 0.387 e. The lowest BCUT2D eigenvalue weighted by atomic mass is 10.1. The van der Waals surface area contributed by atoms with Crippen molar-refractivity contribution in [1.82, 2.24) is 15.5 Å². The molecule has 0 amide bonds. The van der Waals surface area contributed by atoms with Crippen molar-refractivity contribution < 1.29 is 9.63 Å². The summed E-state index contributed by atoms with van der Waals surface area (Å²) in [6, 6.07) is 0. The molecule has 66 valence electrons. The zero-order chi connectivity index (χ0) is 8.39. The summed E-state index contributed by atoms with van der Waals surface area (Å²) in [6.07, 6.45) is 1.05. The van der Waals surface area contributed by atoms with Crippen molar-refractivity contribution in [3.05, 3.63) is 11.7 Å². The van der Waals surface area contributed by atoms with Gasteiger partial charge in [-0.25, -0.2) is 0 Å². The Balaban J connectivity index is 2.11. The van der Waals surface area contributed by atoms with Crippen LogP contribution >= 0.6 is 0 Å². The Bertz CT molecular complexity index is 255. The summed E-state index contributed by atoms with van der Waals surface area (Å²) >= 11 is 0. The first-order chi connectivity index (χ1) is 5.90. The van der Waals surface area contributed by atoms with Gasteiger partial charge in [0.2, 0.25) is 0 Å². The van der Waals surface area contributed by atoms with Crippen LogP contribution in [-0.2, 0) is 6.61 Å². The van der Waals surface area contributed by atoms with Crippen LogP contribution in [0.2, 0.25) is 0 Å². The average Bonchev–Trinajstić information content (AvgIpc) is 2.75. The van der Waals surface area contributed by atoms with E-state index in [1.807, 2.05) is 0 Å². The second-order valence-corrected chi connectivity index (χ2v) is 2.89. The molecule has 1 fully saturated rings. The van der Waals surface area contributed by atoms with E-state index < -0.39 is 0 Å². The zero-order valence-corrected chi connectivity index (χ0v) is 6.66. The summed E-state index contributed by atoms with van der Waals surface area (Å²) < 4.78 is 4.79. The number of aromatic nitrogens is 2. The lowest BCUT2D eigenvalue weighted by molar-refractivity contribution is 0.222. The molecule has 0 unspecified atom stereocenters. The van der Waals surface area contributed by atoms with E-state index in [2.05, 4.69) is 15.5 Å². The van der Waals surface area contributed by atoms with E-state index >= 15 is 0 Å². The van der Waals surface area contributed by atoms with Crippen LogP contribution in [0.4, 0.5) is 0 Å². The molecule has 2 rings (SSSR count). The fourth-order valence-electron chi connectivity index (χ4n) is 1.37. The number of aliphatic hydroxyl groups is 1. The van der Waals surface area contributed by atoms with Crippen molar-refractivity contribution >= 4 is 0 Å². The summed E-state index contributed by atoms with van der Waals surface area (Å²) in [6.45, 7) is 1.74. The molecule has 5 heteroatoms. The molecule has 0 radical (unpaired) electrons. The Morgan fingerprint density at radius 3 is 3.17 bits per heavy atom. The van der Waals surface area contributed by atoms with Gasteiger partial charge >= 0.3 is 0 Å². The molecule has 0 bridgehead atoms. The van der Waals surface area contributed by atoms with E-state index in [0.717, 1.165) is 19.5 Å². The van der Waals surface area contributed by atoms with Crippen LogP contribution in [-0.4, -0.2) is 28.3 Å². The normalized spacial score (nSPS) is 23.2. The summed E-state index contributed by atoms with van der Waals surface area (Å²) in [4.78, 5) is 4.04. The second-order valence-electron chi connectivity index (χ2n) is 2.89. The molecule has 1 atom stereocenters. The molecule has 1 aromatic rings. The van der Waals surface area contributed by atoms with Crippen molar-refractivity contribution in [2.75, 3.05) is 13.1 Å². The van der Waals surface area contributed by atoms with Crippen molar-refractivity contribution in [2.24, 2.45) is 0 Å². The predicted octanol–water partition coefficient (Wildman–Crippen LogP) is -0.361. The third-order valence-electron chi connectivity index (χ3n) is 2.04. The minimum Gasteiger partial charge on any atom is -0.387 e. The van der Waals surface area contributed by atoms with Crippen LogP contribution in [0.1, 0.15) is 24.1 Å². The Morgan fingerprint density at radius 1 is 1.67 bits per heavy atom. The molecule has 2 N–H and O–H groups in total. The molecule has 1 aromatic heterocycles. The van der Waals surface area contributed by atoms with Gasteiger partial charge < -0.3 is 14.9 Å². The van der Waals surface area contributed by atoms with Gasteiger partial charge in [-0.05, 0) is 13.0 Å². The van der Waals surface area contributed by atoms with Gasteiger partial charge in [0.25, 0.3) is 5.89 Å². The molecule has 2 heterocycles. The number of nitrogens with one attached hydrogen (secondary N) is 1. The highest BCUT2D eigenvalue weighted by molar-refractivity contribution is 4.98. The molecule has 0 saturated carbocycles. The van der Waals surface area contributed by atoms with Crippen molar-refractivity contribution in [1.29, 1.82) is 0 Å². The van der Waals surface area contributed by atoms with Gasteiger partial charge in [-0.2, -0.15) is 4.98 Å². The Kier molecular flexibility index (Phi) is 2.05. The standard InChI is InChI=1S/C7H11N3O2/c11-4-6-9-7(10-12-6)5-1-2-8-3-5/h5,8,11H,1-4H2/t5-/m0/s1. The van der Waals surface area contributed by atoms with E-state index in [0.29, 0.717) is 17.6 Å². The number of hydrogen-bond donors (Lipinski definition) is 2. The van der Waals surface area contributed by atoms with Gasteiger partial charge in [0.05, 0.1) is 0 Å². The molecular weight excluding hydrogens is 158 g/mol. The molecule has 0 spiro atoms. The van der Waals surface area contributed by atoms with E-state index in [9.17, 15) is 0 Å². The van der Waals surface area contributed by atoms with E-state index in [4.69, 9.17) is 9.63 Å². The second kappa shape index (κ2) is 3.20. The fourth-order valence-corrected chi connectivity index (χ4v) is 1.37. The van der Waals surface area contributed by atoms with Crippen LogP contribution in [0.3, 0.4) is 0 Å². The molecule has 1 saturated heterocycles. The molecule has 0 aliphatic carbocycles. The first-order valence-corrected chi connectivity index (χ1v) is 4.04. The SMILES string of the molecule is OCc1nc([C@H]2CCNC2)no1. The third-order valence-corrected chi connectivity index (χ3v) is 2.04. The minimum atomic E-state index is -0.173. The number of hydrogen-bond acceptors (Lipinski definition) is 5. The highest BCUT2D eigenvalue weighted by Crippen LogP contribution is 2.18. The summed E-state index contributed by atoms with van der Waals surface area (Å²) in [5.74, 6) is 1.37. The monoisotopic (exact) mass is 169 g/mol. The number of nitrogens with zero attached hydrogens (tertiary/aromatic N) is 2. The van der Waals surface area contributed by atoms with Gasteiger partial charge in [-0.3, -0.25) is 0 Å². The molecule has 12 heavy (non-hydrogen) atoms. The van der Waals surface area contributed by atoms with E-state index in [1.165, 1.54) is 0 Å². The van der Waals surface area contributed by atoms with Crippen LogP contribution in [0.5, 0.6) is 0 Å². The zero-order valence-electron chi connectivity index (χ0n) is 6.66. The molecule has 1 aliphatic rings. The Morgan fingerprint density at radius 2 is 2.58 bits per heavy atom. The van der Waals surface area contributed by atoms with Crippen LogP contribution in [0.25, 0.3) is 0 Å². The summed E-state index contributed by atoms with van der Waals surface area (Å²) in [5, 5.41) is 15.7. The highest BCUT2D eigenvalue weighted by Gasteiger charge is 2.21. The maximum Gasteiger partial charge on any atom is 0.252 e. The van der Waals surface area contributed by atoms with Gasteiger partial charge in [-0.1, -0.05) is 5.16 Å². The average molecular weight is 169 g/mol. The van der Waals surface area contributed by atoms with Gasteiger partial charge in [0.15, 0.2) is 5.82 Å². The summed E-state index contributed by atoms with van der Waals surface area (Å²) in [7, 11) is 0. The van der Waals surface area contributed by atoms with Crippen molar-refractivity contribution in [3.8, 4) is 0 Å². The quantitative estimate of drug-likeness (QED) is 0.632. The number of aliphatic hydroxyl groups excluding tert-OH is 1. The molecule has 1 aliphatic heterocycles. The molecule has 5 nitrogen and oxygen atoms in total. The third kappa shape index (κ3) is 1.33. The Labute approximate surface area is 69.8 Å². The fraction of sp³-hybridized carbons (Fsp3) is 0.714. The predicted molar refractivity (Wildman–Crippen MR) is 40.4 cm³/mol. The maximum atomic E-state index is 8.68. The smallest absolute Gasteiger partial charge is 0.252 e. The summed E-state index contributed by atoms with van der Waals surface area (Å²) in [5.41, 5.74) is 0. The van der Waals surface area contributed by atoms with Crippen molar-refractivity contribution in [3.63, 3.8) is 0 Å². The lowest BCUT2D eigenvalue weighted by Crippen LogP contribution is -2.08. The van der Waals surface area contributed by atoms with Crippen molar-refractivity contribution in [2.45, 2.75) is 18.9 Å². The maximum absolute atomic E-state index is 8.68. The topological polar surface area (TPSA) is 71.2 Å².